The molecule has 5 heteroatoms. The van der Waals surface area contributed by atoms with Crippen LogP contribution >= 0.6 is 0 Å². The van der Waals surface area contributed by atoms with Gasteiger partial charge in [0, 0.05) is 41.7 Å². The molecule has 0 bridgehead atoms. The molecule has 0 N–H and O–H groups in total. The molecule has 0 radical (unpaired) electrons. The Hall–Kier alpha value is -3.08. The number of benzene rings is 2. The maximum atomic E-state index is 12.2. The zero-order valence-electron chi connectivity index (χ0n) is 19.1. The van der Waals surface area contributed by atoms with Crippen LogP contribution < -0.4 is 4.74 Å². The second kappa shape index (κ2) is 9.60. The van der Waals surface area contributed by atoms with Gasteiger partial charge in [-0.05, 0) is 67.5 Å². The van der Waals surface area contributed by atoms with Crippen LogP contribution in [0.25, 0.3) is 22.0 Å². The van der Waals surface area contributed by atoms with Crippen LogP contribution in [-0.4, -0.2) is 30.0 Å². The van der Waals surface area contributed by atoms with Crippen molar-refractivity contribution in [2.45, 2.75) is 45.4 Å². The highest BCUT2D eigenvalue weighted by atomic mass is 16.5. The SMILES string of the molecule is COC(=O)CCc1ccc(OCC2CCCC2)c(-c2ccc3c(c2)c(C(C)=O)cn3C)c1. The minimum Gasteiger partial charge on any atom is -0.493 e. The Bertz CT molecular complexity index is 1140. The summed E-state index contributed by atoms with van der Waals surface area (Å²) < 4.78 is 13.1. The van der Waals surface area contributed by atoms with Crippen molar-refractivity contribution in [3.05, 3.63) is 53.7 Å². The van der Waals surface area contributed by atoms with Gasteiger partial charge >= 0.3 is 5.97 Å². The first-order chi connectivity index (χ1) is 15.5. The molecule has 1 heterocycles. The lowest BCUT2D eigenvalue weighted by atomic mass is 9.97. The van der Waals surface area contributed by atoms with Gasteiger partial charge in [-0.1, -0.05) is 25.0 Å². The first-order valence-electron chi connectivity index (χ1n) is 11.4. The molecule has 32 heavy (non-hydrogen) atoms. The summed E-state index contributed by atoms with van der Waals surface area (Å²) in [6.07, 6.45) is 7.85. The normalized spacial score (nSPS) is 14.1. The van der Waals surface area contributed by atoms with Gasteiger partial charge in [-0.2, -0.15) is 0 Å². The number of Topliss-reactive ketones (excluding diaryl/α,β-unsaturated/α-hetero) is 1. The van der Waals surface area contributed by atoms with Crippen molar-refractivity contribution in [3.63, 3.8) is 0 Å². The highest BCUT2D eigenvalue weighted by Crippen LogP contribution is 2.36. The van der Waals surface area contributed by atoms with E-state index in [4.69, 9.17) is 9.47 Å². The average molecular weight is 434 g/mol. The Morgan fingerprint density at radius 3 is 2.59 bits per heavy atom. The monoisotopic (exact) mass is 433 g/mol. The van der Waals surface area contributed by atoms with Crippen LogP contribution in [0.3, 0.4) is 0 Å². The molecule has 0 saturated heterocycles. The Morgan fingerprint density at radius 1 is 1.09 bits per heavy atom. The summed E-state index contributed by atoms with van der Waals surface area (Å²) in [6, 6.07) is 12.3. The minimum atomic E-state index is -0.218. The van der Waals surface area contributed by atoms with Gasteiger partial charge in [-0.25, -0.2) is 0 Å². The Labute approximate surface area is 189 Å². The van der Waals surface area contributed by atoms with E-state index in [2.05, 4.69) is 24.3 Å². The minimum absolute atomic E-state index is 0.0530. The van der Waals surface area contributed by atoms with Crippen LogP contribution in [0.1, 0.15) is 54.9 Å². The quantitative estimate of drug-likeness (QED) is 0.337. The first kappa shape index (κ1) is 22.1. The number of ketones is 1. The van der Waals surface area contributed by atoms with Gasteiger partial charge in [0.25, 0.3) is 0 Å². The predicted molar refractivity (Wildman–Crippen MR) is 126 cm³/mol. The smallest absolute Gasteiger partial charge is 0.305 e. The van der Waals surface area contributed by atoms with Crippen molar-refractivity contribution in [1.29, 1.82) is 0 Å². The maximum Gasteiger partial charge on any atom is 0.305 e. The van der Waals surface area contributed by atoms with Crippen molar-refractivity contribution < 1.29 is 19.1 Å². The third kappa shape index (κ3) is 4.72. The highest BCUT2D eigenvalue weighted by Gasteiger charge is 2.18. The number of carbonyl (C=O) groups is 2. The number of aryl methyl sites for hydroxylation is 2. The molecule has 168 valence electrons. The van der Waals surface area contributed by atoms with Gasteiger partial charge < -0.3 is 14.0 Å². The number of methoxy groups -OCH3 is 1. The van der Waals surface area contributed by atoms with E-state index >= 15 is 0 Å². The fourth-order valence-corrected chi connectivity index (χ4v) is 4.66. The molecule has 2 aromatic carbocycles. The molecule has 0 aliphatic heterocycles. The molecule has 1 saturated carbocycles. The number of hydrogen-bond acceptors (Lipinski definition) is 4. The van der Waals surface area contributed by atoms with Crippen molar-refractivity contribution in [3.8, 4) is 16.9 Å². The van der Waals surface area contributed by atoms with E-state index in [1.807, 2.05) is 29.9 Å². The lowest BCUT2D eigenvalue weighted by Crippen LogP contribution is -2.09. The standard InChI is InChI=1S/C27H31NO4/c1-18(29)24-16-28(2)25-11-10-21(15-23(24)25)22-14-19(9-13-27(30)31-3)8-12-26(22)32-17-20-6-4-5-7-20/h8,10-12,14-16,20H,4-7,9,13,17H2,1-3H3. The molecule has 0 amide bonds. The second-order valence-corrected chi connectivity index (χ2v) is 8.81. The average Bonchev–Trinajstić information content (AvgIpc) is 3.44. The number of carbonyl (C=O) groups excluding carboxylic acids is 2. The summed E-state index contributed by atoms with van der Waals surface area (Å²) in [4.78, 5) is 23.8. The van der Waals surface area contributed by atoms with Gasteiger partial charge in [-0.15, -0.1) is 0 Å². The predicted octanol–water partition coefficient (Wildman–Crippen LogP) is 5.72. The topological polar surface area (TPSA) is 57.5 Å². The molecular formula is C27H31NO4. The molecule has 0 spiro atoms. The lowest BCUT2D eigenvalue weighted by molar-refractivity contribution is -0.140. The number of ether oxygens (including phenoxy) is 2. The Kier molecular flexibility index (Phi) is 6.63. The Balaban J connectivity index is 1.72. The largest absolute Gasteiger partial charge is 0.493 e. The van der Waals surface area contributed by atoms with Gasteiger partial charge in [0.15, 0.2) is 5.78 Å². The molecule has 1 aromatic heterocycles. The lowest BCUT2D eigenvalue weighted by Gasteiger charge is -2.16. The molecule has 0 unspecified atom stereocenters. The molecular weight excluding hydrogens is 402 g/mol. The Morgan fingerprint density at radius 2 is 1.88 bits per heavy atom. The molecule has 4 rings (SSSR count). The van der Waals surface area contributed by atoms with E-state index in [1.54, 1.807) is 6.92 Å². The van der Waals surface area contributed by atoms with Gasteiger partial charge in [0.2, 0.25) is 0 Å². The van der Waals surface area contributed by atoms with Crippen LogP contribution in [-0.2, 0) is 23.0 Å². The van der Waals surface area contributed by atoms with Crippen LogP contribution in [0.5, 0.6) is 5.75 Å². The summed E-state index contributed by atoms with van der Waals surface area (Å²) in [5, 5.41) is 0.944. The number of hydrogen-bond donors (Lipinski definition) is 0. The number of fused-ring (bicyclic) bond motifs is 1. The van der Waals surface area contributed by atoms with E-state index < -0.39 is 0 Å². The highest BCUT2D eigenvalue weighted by molar-refractivity contribution is 6.08. The molecule has 1 aliphatic rings. The van der Waals surface area contributed by atoms with E-state index in [0.29, 0.717) is 18.8 Å². The third-order valence-electron chi connectivity index (χ3n) is 6.52. The van der Waals surface area contributed by atoms with E-state index in [1.165, 1.54) is 32.8 Å². The summed E-state index contributed by atoms with van der Waals surface area (Å²) in [5.74, 6) is 1.29. The zero-order chi connectivity index (χ0) is 22.7. The molecule has 0 atom stereocenters. The molecule has 3 aromatic rings. The van der Waals surface area contributed by atoms with Crippen molar-refractivity contribution in [2.24, 2.45) is 13.0 Å². The molecule has 1 aliphatic carbocycles. The summed E-state index contributed by atoms with van der Waals surface area (Å²) in [7, 11) is 3.37. The third-order valence-corrected chi connectivity index (χ3v) is 6.52. The zero-order valence-corrected chi connectivity index (χ0v) is 19.1. The van der Waals surface area contributed by atoms with Gasteiger partial charge in [-0.3, -0.25) is 9.59 Å². The molecule has 5 nitrogen and oxygen atoms in total. The van der Waals surface area contributed by atoms with E-state index in [9.17, 15) is 9.59 Å². The van der Waals surface area contributed by atoms with E-state index in [0.717, 1.165) is 45.5 Å². The van der Waals surface area contributed by atoms with Crippen LogP contribution in [0.15, 0.2) is 42.6 Å². The summed E-state index contributed by atoms with van der Waals surface area (Å²) in [6.45, 7) is 2.33. The number of aromatic nitrogens is 1. The van der Waals surface area contributed by atoms with Crippen molar-refractivity contribution >= 4 is 22.7 Å². The maximum absolute atomic E-state index is 12.2. The van der Waals surface area contributed by atoms with Crippen molar-refractivity contribution in [1.82, 2.24) is 4.57 Å². The van der Waals surface area contributed by atoms with Crippen LogP contribution in [0, 0.1) is 5.92 Å². The van der Waals surface area contributed by atoms with E-state index in [-0.39, 0.29) is 11.8 Å². The van der Waals surface area contributed by atoms with Crippen LogP contribution in [0.4, 0.5) is 0 Å². The fourth-order valence-electron chi connectivity index (χ4n) is 4.66. The number of nitrogens with zero attached hydrogens (tertiary/aromatic N) is 1. The second-order valence-electron chi connectivity index (χ2n) is 8.81. The summed E-state index contributed by atoms with van der Waals surface area (Å²) in [5.41, 5.74) is 4.80. The summed E-state index contributed by atoms with van der Waals surface area (Å²) >= 11 is 0. The van der Waals surface area contributed by atoms with Crippen LogP contribution in [0.2, 0.25) is 0 Å². The van der Waals surface area contributed by atoms with Crippen molar-refractivity contribution in [2.75, 3.05) is 13.7 Å². The first-order valence-corrected chi connectivity index (χ1v) is 11.4. The van der Waals surface area contributed by atoms with Gasteiger partial charge in [0.1, 0.15) is 5.75 Å². The number of esters is 1. The van der Waals surface area contributed by atoms with Gasteiger partial charge in [0.05, 0.1) is 13.7 Å². The molecule has 1 fully saturated rings. The fraction of sp³-hybridized carbons (Fsp3) is 0.407. The number of rotatable bonds is 8.